The van der Waals surface area contributed by atoms with Crippen LogP contribution in [0.2, 0.25) is 0 Å². The number of ether oxygens (including phenoxy) is 1. The predicted octanol–water partition coefficient (Wildman–Crippen LogP) is 1.67. The number of aliphatic hydroxyl groups is 1. The molecule has 1 spiro atoms. The molecule has 1 aromatic rings. The second kappa shape index (κ2) is 8.39. The van der Waals surface area contributed by atoms with E-state index in [0.717, 1.165) is 25.7 Å². The van der Waals surface area contributed by atoms with Crippen LogP contribution >= 0.6 is 0 Å². The third kappa shape index (κ3) is 3.85. The number of hydrogen-bond acceptors (Lipinski definition) is 5. The SMILES string of the molecule is O=C1N[C@@]2(CCC(=O)N(CC(=O)N3CC[C@@H](O)[C@H]4CCCC[C@@H]43)CC2)Oc2ccccc21. The average Bonchev–Trinajstić information content (AvgIpc) is 2.94. The lowest BCUT2D eigenvalue weighted by Gasteiger charge is -2.46. The Morgan fingerprint density at radius 1 is 1.12 bits per heavy atom. The molecule has 3 heterocycles. The lowest BCUT2D eigenvalue weighted by Crippen LogP contribution is -2.57. The number of nitrogens with zero attached hydrogens (tertiary/aromatic N) is 2. The van der Waals surface area contributed by atoms with Crippen molar-refractivity contribution < 1.29 is 24.2 Å². The Hall–Kier alpha value is -2.61. The van der Waals surface area contributed by atoms with Gasteiger partial charge in [-0.25, -0.2) is 0 Å². The summed E-state index contributed by atoms with van der Waals surface area (Å²) < 4.78 is 6.18. The number of hydrogen-bond donors (Lipinski definition) is 2. The van der Waals surface area contributed by atoms with Crippen LogP contribution in [0.4, 0.5) is 0 Å². The van der Waals surface area contributed by atoms with E-state index in [4.69, 9.17) is 4.74 Å². The van der Waals surface area contributed by atoms with Crippen LogP contribution in [-0.2, 0) is 9.59 Å². The van der Waals surface area contributed by atoms with Crippen LogP contribution in [-0.4, -0.2) is 70.1 Å². The molecule has 0 radical (unpaired) electrons. The van der Waals surface area contributed by atoms with E-state index in [0.29, 0.717) is 43.7 Å². The van der Waals surface area contributed by atoms with Crippen molar-refractivity contribution in [2.45, 2.75) is 69.2 Å². The van der Waals surface area contributed by atoms with Crippen LogP contribution in [0.15, 0.2) is 24.3 Å². The smallest absolute Gasteiger partial charge is 0.258 e. The van der Waals surface area contributed by atoms with Crippen molar-refractivity contribution in [1.29, 1.82) is 0 Å². The lowest BCUT2D eigenvalue weighted by molar-refractivity contribution is -0.147. The maximum atomic E-state index is 13.2. The molecule has 172 valence electrons. The van der Waals surface area contributed by atoms with Gasteiger partial charge >= 0.3 is 0 Å². The van der Waals surface area contributed by atoms with Crippen molar-refractivity contribution in [3.05, 3.63) is 29.8 Å². The Bertz CT molecular complexity index is 921. The molecule has 3 aliphatic heterocycles. The zero-order valence-corrected chi connectivity index (χ0v) is 18.3. The molecule has 0 bridgehead atoms. The molecule has 2 saturated heterocycles. The van der Waals surface area contributed by atoms with Crippen molar-refractivity contribution in [1.82, 2.24) is 15.1 Å². The van der Waals surface area contributed by atoms with Crippen molar-refractivity contribution in [3.8, 4) is 5.75 Å². The molecule has 8 heteroatoms. The van der Waals surface area contributed by atoms with E-state index in [1.807, 2.05) is 11.0 Å². The quantitative estimate of drug-likeness (QED) is 0.727. The Morgan fingerprint density at radius 3 is 2.81 bits per heavy atom. The molecule has 4 aliphatic rings. The number of rotatable bonds is 2. The highest BCUT2D eigenvalue weighted by Crippen LogP contribution is 2.36. The Balaban J connectivity index is 1.26. The summed E-state index contributed by atoms with van der Waals surface area (Å²) >= 11 is 0. The van der Waals surface area contributed by atoms with Gasteiger partial charge < -0.3 is 25.0 Å². The minimum absolute atomic E-state index is 0.0404. The minimum Gasteiger partial charge on any atom is -0.467 e. The van der Waals surface area contributed by atoms with Gasteiger partial charge in [0.1, 0.15) is 5.75 Å². The fraction of sp³-hybridized carbons (Fsp3) is 0.625. The molecule has 1 aliphatic carbocycles. The number of piperidine rings is 1. The first-order valence-electron chi connectivity index (χ1n) is 11.8. The molecular formula is C24H31N3O5. The van der Waals surface area contributed by atoms with E-state index >= 15 is 0 Å². The second-order valence-electron chi connectivity index (χ2n) is 9.57. The maximum absolute atomic E-state index is 13.2. The van der Waals surface area contributed by atoms with Crippen molar-refractivity contribution >= 4 is 17.7 Å². The van der Waals surface area contributed by atoms with Gasteiger partial charge in [0.05, 0.1) is 18.2 Å². The van der Waals surface area contributed by atoms with Gasteiger partial charge in [0.15, 0.2) is 5.72 Å². The molecule has 0 aromatic heterocycles. The highest BCUT2D eigenvalue weighted by Gasteiger charge is 2.44. The summed E-state index contributed by atoms with van der Waals surface area (Å²) in [5, 5.41) is 13.4. The van der Waals surface area contributed by atoms with E-state index in [1.165, 1.54) is 0 Å². The highest BCUT2D eigenvalue weighted by molar-refractivity contribution is 5.98. The summed E-state index contributed by atoms with van der Waals surface area (Å²) in [4.78, 5) is 42.2. The van der Waals surface area contributed by atoms with Crippen molar-refractivity contribution in [2.75, 3.05) is 19.6 Å². The molecule has 2 N–H and O–H groups in total. The normalized spacial score (nSPS) is 32.5. The zero-order valence-electron chi connectivity index (χ0n) is 18.3. The van der Waals surface area contributed by atoms with Crippen molar-refractivity contribution in [2.24, 2.45) is 5.92 Å². The number of nitrogens with one attached hydrogen (secondary N) is 1. The number of fused-ring (bicyclic) bond motifs is 2. The first-order valence-corrected chi connectivity index (χ1v) is 11.8. The van der Waals surface area contributed by atoms with Crippen molar-refractivity contribution in [3.63, 3.8) is 0 Å². The van der Waals surface area contributed by atoms with Crippen LogP contribution in [0.5, 0.6) is 5.75 Å². The Labute approximate surface area is 187 Å². The summed E-state index contributed by atoms with van der Waals surface area (Å²) in [6.45, 7) is 0.930. The number of aliphatic hydroxyl groups excluding tert-OH is 1. The fourth-order valence-electron chi connectivity index (χ4n) is 5.87. The Morgan fingerprint density at radius 2 is 1.94 bits per heavy atom. The third-order valence-corrected chi connectivity index (χ3v) is 7.65. The first-order chi connectivity index (χ1) is 15.5. The summed E-state index contributed by atoms with van der Waals surface area (Å²) in [6.07, 6.45) is 5.32. The molecule has 0 unspecified atom stereocenters. The largest absolute Gasteiger partial charge is 0.467 e. The summed E-state index contributed by atoms with van der Waals surface area (Å²) in [6, 6.07) is 7.19. The summed E-state index contributed by atoms with van der Waals surface area (Å²) in [5.41, 5.74) is -0.433. The highest BCUT2D eigenvalue weighted by atomic mass is 16.5. The molecule has 4 atom stereocenters. The molecule has 1 aromatic carbocycles. The number of para-hydroxylation sites is 1. The average molecular weight is 442 g/mol. The number of benzene rings is 1. The molecule has 32 heavy (non-hydrogen) atoms. The topological polar surface area (TPSA) is 99.2 Å². The van der Waals surface area contributed by atoms with Gasteiger partial charge in [-0.3, -0.25) is 14.4 Å². The molecule has 3 fully saturated rings. The van der Waals surface area contributed by atoms with Crippen LogP contribution in [0.1, 0.15) is 61.7 Å². The maximum Gasteiger partial charge on any atom is 0.258 e. The van der Waals surface area contributed by atoms with Gasteiger partial charge in [-0.05, 0) is 31.4 Å². The number of carbonyl (C=O) groups is 3. The molecule has 3 amide bonds. The molecule has 1 saturated carbocycles. The summed E-state index contributed by atoms with van der Waals surface area (Å²) in [5.74, 6) is 0.346. The predicted molar refractivity (Wildman–Crippen MR) is 116 cm³/mol. The Kier molecular flexibility index (Phi) is 5.57. The second-order valence-corrected chi connectivity index (χ2v) is 9.57. The van der Waals surface area contributed by atoms with Gasteiger partial charge in [-0.1, -0.05) is 25.0 Å². The zero-order chi connectivity index (χ0) is 22.3. The summed E-state index contributed by atoms with van der Waals surface area (Å²) in [7, 11) is 0. The molecule has 5 rings (SSSR count). The monoisotopic (exact) mass is 441 g/mol. The number of carbonyl (C=O) groups excluding carboxylic acids is 3. The minimum atomic E-state index is -0.928. The van der Waals surface area contributed by atoms with Gasteiger partial charge in [-0.2, -0.15) is 0 Å². The van der Waals surface area contributed by atoms with Gasteiger partial charge in [0, 0.05) is 44.3 Å². The molecular weight excluding hydrogens is 410 g/mol. The van der Waals surface area contributed by atoms with E-state index < -0.39 is 5.72 Å². The standard InChI is InChI=1S/C24H31N3O5/c28-19-10-13-27(18-7-3-1-5-16(18)19)22(30)15-26-14-12-24(11-9-21(26)29)25-23(31)17-6-2-4-8-20(17)32-24/h2,4,6,8,16,18-19,28H,1,3,5,7,9-15H2,(H,25,31)/t16-,18-,19+,24-/m0/s1. The van der Waals surface area contributed by atoms with Crippen LogP contribution < -0.4 is 10.1 Å². The fourth-order valence-corrected chi connectivity index (χ4v) is 5.87. The van der Waals surface area contributed by atoms with Gasteiger partial charge in [0.25, 0.3) is 5.91 Å². The van der Waals surface area contributed by atoms with E-state index in [2.05, 4.69) is 5.32 Å². The van der Waals surface area contributed by atoms with Crippen LogP contribution in [0, 0.1) is 5.92 Å². The van der Waals surface area contributed by atoms with Gasteiger partial charge in [-0.15, -0.1) is 0 Å². The van der Waals surface area contributed by atoms with E-state index in [1.54, 1.807) is 23.1 Å². The lowest BCUT2D eigenvalue weighted by atomic mass is 9.76. The van der Waals surface area contributed by atoms with Crippen LogP contribution in [0.3, 0.4) is 0 Å². The third-order valence-electron chi connectivity index (χ3n) is 7.65. The van der Waals surface area contributed by atoms with Crippen LogP contribution in [0.25, 0.3) is 0 Å². The van der Waals surface area contributed by atoms with Gasteiger partial charge in [0.2, 0.25) is 11.8 Å². The molecule has 8 nitrogen and oxygen atoms in total. The van der Waals surface area contributed by atoms with E-state index in [-0.39, 0.29) is 48.8 Å². The first kappa shape index (κ1) is 21.2. The number of likely N-dealkylation sites (tertiary alicyclic amines) is 2. The van der Waals surface area contributed by atoms with E-state index in [9.17, 15) is 19.5 Å². The number of amides is 3.